The van der Waals surface area contributed by atoms with Crippen molar-refractivity contribution in [1.82, 2.24) is 5.32 Å². The van der Waals surface area contributed by atoms with Gasteiger partial charge in [0, 0.05) is 10.4 Å². The molecule has 0 spiro atoms. The number of nitrogens with one attached hydrogen (secondary N) is 1. The zero-order valence-electron chi connectivity index (χ0n) is 13.2. The molecule has 0 fully saturated rings. The topological polar surface area (TPSA) is 12.0 Å². The fourth-order valence-corrected chi connectivity index (χ4v) is 2.97. The van der Waals surface area contributed by atoms with Crippen molar-refractivity contribution >= 4 is 22.4 Å². The van der Waals surface area contributed by atoms with Crippen LogP contribution in [-0.2, 0) is 6.42 Å². The summed E-state index contributed by atoms with van der Waals surface area (Å²) in [5.74, 6) is 0.754. The SMILES string of the molecule is CCCNCCC(C)CCc1ccc(Cl)c2ccccc12. The molecule has 1 atom stereocenters. The van der Waals surface area contributed by atoms with Gasteiger partial charge < -0.3 is 5.32 Å². The van der Waals surface area contributed by atoms with Gasteiger partial charge in [0.2, 0.25) is 0 Å². The molecule has 1 N–H and O–H groups in total. The van der Waals surface area contributed by atoms with Crippen LogP contribution in [-0.4, -0.2) is 13.1 Å². The molecule has 0 saturated carbocycles. The van der Waals surface area contributed by atoms with E-state index in [-0.39, 0.29) is 0 Å². The summed E-state index contributed by atoms with van der Waals surface area (Å²) in [5.41, 5.74) is 1.42. The number of benzene rings is 2. The number of halogens is 1. The minimum Gasteiger partial charge on any atom is -0.317 e. The van der Waals surface area contributed by atoms with Crippen molar-refractivity contribution in [2.45, 2.75) is 39.5 Å². The summed E-state index contributed by atoms with van der Waals surface area (Å²) in [4.78, 5) is 0. The van der Waals surface area contributed by atoms with E-state index in [4.69, 9.17) is 11.6 Å². The van der Waals surface area contributed by atoms with Crippen molar-refractivity contribution in [3.63, 3.8) is 0 Å². The molecule has 0 amide bonds. The Morgan fingerprint density at radius 1 is 1.00 bits per heavy atom. The van der Waals surface area contributed by atoms with Crippen LogP contribution in [0.4, 0.5) is 0 Å². The van der Waals surface area contributed by atoms with E-state index in [1.807, 2.05) is 6.07 Å². The van der Waals surface area contributed by atoms with Crippen LogP contribution in [0, 0.1) is 5.92 Å². The highest BCUT2D eigenvalue weighted by Gasteiger charge is 2.07. The highest BCUT2D eigenvalue weighted by molar-refractivity contribution is 6.35. The van der Waals surface area contributed by atoms with Crippen LogP contribution in [0.15, 0.2) is 36.4 Å². The minimum atomic E-state index is 0.754. The molecule has 21 heavy (non-hydrogen) atoms. The van der Waals surface area contributed by atoms with E-state index >= 15 is 0 Å². The smallest absolute Gasteiger partial charge is 0.0484 e. The monoisotopic (exact) mass is 303 g/mol. The third-order valence-electron chi connectivity index (χ3n) is 4.11. The molecule has 0 aliphatic rings. The lowest BCUT2D eigenvalue weighted by molar-refractivity contribution is 0.471. The molecular weight excluding hydrogens is 278 g/mol. The molecule has 1 unspecified atom stereocenters. The Bertz CT molecular complexity index is 564. The molecule has 0 aliphatic carbocycles. The minimum absolute atomic E-state index is 0.754. The van der Waals surface area contributed by atoms with Gasteiger partial charge in [-0.05, 0) is 61.7 Å². The van der Waals surface area contributed by atoms with Crippen LogP contribution in [0.1, 0.15) is 38.7 Å². The Hall–Kier alpha value is -1.05. The number of rotatable bonds is 8. The molecule has 2 aromatic rings. The van der Waals surface area contributed by atoms with Crippen LogP contribution in [0.2, 0.25) is 5.02 Å². The lowest BCUT2D eigenvalue weighted by Crippen LogP contribution is -2.18. The van der Waals surface area contributed by atoms with Gasteiger partial charge in [-0.3, -0.25) is 0 Å². The lowest BCUT2D eigenvalue weighted by Gasteiger charge is -2.13. The first kappa shape index (κ1) is 16.3. The summed E-state index contributed by atoms with van der Waals surface area (Å²) in [6.07, 6.45) is 4.84. The molecule has 0 saturated heterocycles. The van der Waals surface area contributed by atoms with Crippen molar-refractivity contribution in [1.29, 1.82) is 0 Å². The van der Waals surface area contributed by atoms with E-state index in [2.05, 4.69) is 49.5 Å². The van der Waals surface area contributed by atoms with E-state index in [0.717, 1.165) is 30.5 Å². The van der Waals surface area contributed by atoms with Crippen LogP contribution in [0.5, 0.6) is 0 Å². The summed E-state index contributed by atoms with van der Waals surface area (Å²) in [6.45, 7) is 6.83. The fraction of sp³-hybridized carbons (Fsp3) is 0.474. The van der Waals surface area contributed by atoms with E-state index < -0.39 is 0 Å². The second-order valence-corrected chi connectivity index (χ2v) is 6.34. The third-order valence-corrected chi connectivity index (χ3v) is 4.44. The highest BCUT2D eigenvalue weighted by atomic mass is 35.5. The zero-order chi connectivity index (χ0) is 15.1. The molecule has 2 heteroatoms. The van der Waals surface area contributed by atoms with E-state index in [1.165, 1.54) is 35.6 Å². The van der Waals surface area contributed by atoms with Crippen molar-refractivity contribution in [3.8, 4) is 0 Å². The second-order valence-electron chi connectivity index (χ2n) is 5.93. The fourth-order valence-electron chi connectivity index (χ4n) is 2.74. The van der Waals surface area contributed by atoms with Crippen LogP contribution >= 0.6 is 11.6 Å². The summed E-state index contributed by atoms with van der Waals surface area (Å²) >= 11 is 6.28. The Labute approximate surface area is 133 Å². The summed E-state index contributed by atoms with van der Waals surface area (Å²) in [5, 5.41) is 6.82. The Morgan fingerprint density at radius 3 is 2.52 bits per heavy atom. The number of fused-ring (bicyclic) bond motifs is 1. The van der Waals surface area contributed by atoms with Gasteiger partial charge in [0.25, 0.3) is 0 Å². The molecule has 0 heterocycles. The van der Waals surface area contributed by atoms with Gasteiger partial charge in [0.1, 0.15) is 0 Å². The Balaban J connectivity index is 1.93. The van der Waals surface area contributed by atoms with Gasteiger partial charge in [-0.25, -0.2) is 0 Å². The Morgan fingerprint density at radius 2 is 1.76 bits per heavy atom. The van der Waals surface area contributed by atoms with Crippen molar-refractivity contribution in [3.05, 3.63) is 47.0 Å². The van der Waals surface area contributed by atoms with Gasteiger partial charge >= 0.3 is 0 Å². The standard InChI is InChI=1S/C19H26ClN/c1-3-13-21-14-12-15(2)8-9-16-10-11-19(20)18-7-5-4-6-17(16)18/h4-7,10-11,15,21H,3,8-9,12-14H2,1-2H3. The maximum absolute atomic E-state index is 6.28. The predicted octanol–water partition coefficient (Wildman–Crippen LogP) is 5.45. The molecule has 2 rings (SSSR count). The summed E-state index contributed by atoms with van der Waals surface area (Å²) in [7, 11) is 0. The molecular formula is C19H26ClN. The quantitative estimate of drug-likeness (QED) is 0.639. The predicted molar refractivity (Wildman–Crippen MR) is 94.2 cm³/mol. The van der Waals surface area contributed by atoms with Gasteiger partial charge in [0.15, 0.2) is 0 Å². The largest absolute Gasteiger partial charge is 0.317 e. The first-order chi connectivity index (χ1) is 10.2. The van der Waals surface area contributed by atoms with Crippen molar-refractivity contribution in [2.75, 3.05) is 13.1 Å². The van der Waals surface area contributed by atoms with E-state index in [1.54, 1.807) is 0 Å². The number of hydrogen-bond donors (Lipinski definition) is 1. The van der Waals surface area contributed by atoms with E-state index in [9.17, 15) is 0 Å². The van der Waals surface area contributed by atoms with Crippen LogP contribution in [0.3, 0.4) is 0 Å². The van der Waals surface area contributed by atoms with E-state index in [0.29, 0.717) is 0 Å². The van der Waals surface area contributed by atoms with Crippen molar-refractivity contribution in [2.24, 2.45) is 5.92 Å². The first-order valence-electron chi connectivity index (χ1n) is 8.09. The maximum Gasteiger partial charge on any atom is 0.0484 e. The molecule has 0 aliphatic heterocycles. The maximum atomic E-state index is 6.28. The lowest BCUT2D eigenvalue weighted by atomic mass is 9.95. The molecule has 0 radical (unpaired) electrons. The first-order valence-corrected chi connectivity index (χ1v) is 8.47. The normalized spacial score (nSPS) is 12.7. The number of hydrogen-bond acceptors (Lipinski definition) is 1. The average molecular weight is 304 g/mol. The summed E-state index contributed by atoms with van der Waals surface area (Å²) < 4.78 is 0. The highest BCUT2D eigenvalue weighted by Crippen LogP contribution is 2.27. The second kappa shape index (κ2) is 8.41. The summed E-state index contributed by atoms with van der Waals surface area (Å²) in [6, 6.07) is 12.7. The Kier molecular flexibility index (Phi) is 6.53. The third kappa shape index (κ3) is 4.72. The average Bonchev–Trinajstić information content (AvgIpc) is 2.51. The van der Waals surface area contributed by atoms with Crippen LogP contribution in [0.25, 0.3) is 10.8 Å². The van der Waals surface area contributed by atoms with Gasteiger partial charge in [-0.2, -0.15) is 0 Å². The van der Waals surface area contributed by atoms with Gasteiger partial charge in [0.05, 0.1) is 0 Å². The molecule has 1 nitrogen and oxygen atoms in total. The van der Waals surface area contributed by atoms with Crippen LogP contribution < -0.4 is 5.32 Å². The van der Waals surface area contributed by atoms with Gasteiger partial charge in [-0.15, -0.1) is 0 Å². The molecule has 2 aromatic carbocycles. The van der Waals surface area contributed by atoms with Gasteiger partial charge in [-0.1, -0.05) is 55.8 Å². The number of aryl methyl sites for hydroxylation is 1. The molecule has 114 valence electrons. The van der Waals surface area contributed by atoms with Crippen molar-refractivity contribution < 1.29 is 0 Å². The molecule has 0 aromatic heterocycles. The molecule has 0 bridgehead atoms. The zero-order valence-corrected chi connectivity index (χ0v) is 13.9.